The maximum absolute atomic E-state index is 14.1. The first-order valence-electron chi connectivity index (χ1n) is 7.21. The van der Waals surface area contributed by atoms with Crippen molar-refractivity contribution >= 4 is 17.6 Å². The third kappa shape index (κ3) is 3.48. The number of benzene rings is 1. The van der Waals surface area contributed by atoms with E-state index in [0.29, 0.717) is 24.3 Å². The fourth-order valence-corrected chi connectivity index (χ4v) is 2.34. The van der Waals surface area contributed by atoms with Crippen LogP contribution in [0.25, 0.3) is 0 Å². The second-order valence-electron chi connectivity index (χ2n) is 5.17. The molecule has 1 aromatic carbocycles. The van der Waals surface area contributed by atoms with Crippen molar-refractivity contribution in [3.63, 3.8) is 0 Å². The number of aliphatic imine (C=N–C) groups is 1. The molecule has 1 atom stereocenters. The van der Waals surface area contributed by atoms with Gasteiger partial charge in [-0.1, -0.05) is 0 Å². The van der Waals surface area contributed by atoms with Gasteiger partial charge in [-0.3, -0.25) is 4.79 Å². The molecule has 0 radical (unpaired) electrons. The van der Waals surface area contributed by atoms with Crippen molar-refractivity contribution in [1.82, 2.24) is 4.98 Å². The molecule has 0 saturated carbocycles. The van der Waals surface area contributed by atoms with Crippen molar-refractivity contribution in [3.8, 4) is 0 Å². The van der Waals surface area contributed by atoms with Crippen LogP contribution < -0.4 is 11.1 Å². The Morgan fingerprint density at radius 1 is 1.29 bits per heavy atom. The molecule has 2 heterocycles. The third-order valence-corrected chi connectivity index (χ3v) is 3.50. The van der Waals surface area contributed by atoms with Crippen molar-refractivity contribution < 1.29 is 18.3 Å². The lowest BCUT2D eigenvalue weighted by molar-refractivity contribution is 0.102. The van der Waals surface area contributed by atoms with Gasteiger partial charge in [-0.25, -0.2) is 18.8 Å². The van der Waals surface area contributed by atoms with Crippen LogP contribution in [-0.4, -0.2) is 23.5 Å². The minimum atomic E-state index is -0.536. The van der Waals surface area contributed by atoms with E-state index >= 15 is 0 Å². The Bertz CT molecular complexity index is 793. The maximum Gasteiger partial charge on any atom is 0.282 e. The fraction of sp³-hybridized carbons (Fsp3) is 0.188. The number of ether oxygens (including phenoxy) is 1. The Labute approximate surface area is 136 Å². The molecule has 124 valence electrons. The van der Waals surface area contributed by atoms with E-state index in [2.05, 4.69) is 15.3 Å². The van der Waals surface area contributed by atoms with Crippen molar-refractivity contribution in [3.05, 3.63) is 59.4 Å². The Balaban J connectivity index is 1.82. The van der Waals surface area contributed by atoms with E-state index in [1.165, 1.54) is 24.3 Å². The van der Waals surface area contributed by atoms with Crippen LogP contribution in [-0.2, 0) is 4.74 Å². The highest BCUT2D eigenvalue weighted by atomic mass is 19.1. The van der Waals surface area contributed by atoms with Gasteiger partial charge in [0.1, 0.15) is 17.3 Å². The van der Waals surface area contributed by atoms with Gasteiger partial charge < -0.3 is 15.8 Å². The van der Waals surface area contributed by atoms with Gasteiger partial charge in [0.25, 0.3) is 11.9 Å². The Kier molecular flexibility index (Phi) is 4.37. The van der Waals surface area contributed by atoms with Crippen LogP contribution in [0.3, 0.4) is 0 Å². The highest BCUT2D eigenvalue weighted by Gasteiger charge is 2.20. The number of hydrogen-bond acceptors (Lipinski definition) is 5. The topological polar surface area (TPSA) is 89.6 Å². The highest BCUT2D eigenvalue weighted by molar-refractivity contribution is 6.02. The number of nitrogens with one attached hydrogen (secondary N) is 1. The van der Waals surface area contributed by atoms with E-state index in [4.69, 9.17) is 10.5 Å². The molecule has 1 aliphatic rings. The number of carbonyl (C=O) groups is 1. The van der Waals surface area contributed by atoms with Crippen LogP contribution in [0.2, 0.25) is 0 Å². The van der Waals surface area contributed by atoms with Gasteiger partial charge in [0, 0.05) is 17.7 Å². The van der Waals surface area contributed by atoms with E-state index in [0.717, 1.165) is 12.3 Å². The molecule has 24 heavy (non-hydrogen) atoms. The zero-order valence-corrected chi connectivity index (χ0v) is 12.5. The number of anilines is 1. The number of amidine groups is 1. The summed E-state index contributed by atoms with van der Waals surface area (Å²) in [5.74, 6) is -1.51. The molecule has 1 amide bonds. The first-order valence-corrected chi connectivity index (χ1v) is 7.21. The number of rotatable bonds is 3. The molecular weight excluding hydrogens is 318 g/mol. The number of nitrogens with two attached hydrogens (primary N) is 1. The smallest absolute Gasteiger partial charge is 0.282 e. The van der Waals surface area contributed by atoms with Crippen LogP contribution in [0.4, 0.5) is 14.5 Å². The van der Waals surface area contributed by atoms with Crippen LogP contribution in [0.15, 0.2) is 41.5 Å². The summed E-state index contributed by atoms with van der Waals surface area (Å²) in [4.78, 5) is 19.9. The average molecular weight is 332 g/mol. The van der Waals surface area contributed by atoms with Crippen molar-refractivity contribution in [2.75, 3.05) is 11.9 Å². The Morgan fingerprint density at radius 2 is 2.12 bits per heavy atom. The van der Waals surface area contributed by atoms with Gasteiger partial charge in [-0.05, 0) is 30.3 Å². The minimum Gasteiger partial charge on any atom is -0.465 e. The minimum absolute atomic E-state index is 0.00982. The Morgan fingerprint density at radius 3 is 2.83 bits per heavy atom. The lowest BCUT2D eigenvalue weighted by Crippen LogP contribution is -2.24. The summed E-state index contributed by atoms with van der Waals surface area (Å²) in [5, 5.41) is 2.59. The maximum atomic E-state index is 14.1. The number of nitrogens with zero attached hydrogens (tertiary/aromatic N) is 2. The summed E-state index contributed by atoms with van der Waals surface area (Å²) in [5.41, 5.74) is 6.26. The predicted octanol–water partition coefficient (Wildman–Crippen LogP) is 2.39. The SMILES string of the molecule is NC1=NC(c2cc(NC(=O)c3ccc(F)cn3)ccc2F)CCO1. The molecule has 1 aliphatic heterocycles. The summed E-state index contributed by atoms with van der Waals surface area (Å²) < 4.78 is 31.9. The number of pyridine rings is 1. The molecule has 0 bridgehead atoms. The lowest BCUT2D eigenvalue weighted by Gasteiger charge is -2.20. The van der Waals surface area contributed by atoms with E-state index in [-0.39, 0.29) is 11.7 Å². The summed E-state index contributed by atoms with van der Waals surface area (Å²) in [6, 6.07) is 6.09. The molecule has 0 saturated heterocycles. The second-order valence-corrected chi connectivity index (χ2v) is 5.17. The number of halogens is 2. The van der Waals surface area contributed by atoms with E-state index in [9.17, 15) is 13.6 Å². The van der Waals surface area contributed by atoms with Crippen molar-refractivity contribution in [2.24, 2.45) is 10.7 Å². The molecule has 0 fully saturated rings. The second kappa shape index (κ2) is 6.61. The van der Waals surface area contributed by atoms with Crippen LogP contribution in [0.5, 0.6) is 0 Å². The average Bonchev–Trinajstić information content (AvgIpc) is 2.57. The summed E-state index contributed by atoms with van der Waals surface area (Å²) in [7, 11) is 0. The van der Waals surface area contributed by atoms with Gasteiger partial charge in [0.05, 0.1) is 18.8 Å². The van der Waals surface area contributed by atoms with E-state index in [1.54, 1.807) is 0 Å². The fourth-order valence-electron chi connectivity index (χ4n) is 2.34. The molecule has 1 unspecified atom stereocenters. The number of carbonyl (C=O) groups excluding carboxylic acids is 1. The van der Waals surface area contributed by atoms with Gasteiger partial charge in [0.2, 0.25) is 0 Å². The molecular formula is C16H14F2N4O2. The standard InChI is InChI=1S/C16H14F2N4O2/c17-9-1-4-14(20-8-9)15(23)21-10-2-3-12(18)11(7-10)13-5-6-24-16(19)22-13/h1-4,7-8,13H,5-6H2,(H2,19,22)(H,21,23). The molecule has 1 aromatic heterocycles. The van der Waals surface area contributed by atoms with Gasteiger partial charge in [0.15, 0.2) is 0 Å². The monoisotopic (exact) mass is 332 g/mol. The third-order valence-electron chi connectivity index (χ3n) is 3.50. The largest absolute Gasteiger partial charge is 0.465 e. The predicted molar refractivity (Wildman–Crippen MR) is 83.5 cm³/mol. The zero-order chi connectivity index (χ0) is 17.1. The van der Waals surface area contributed by atoms with E-state index in [1.807, 2.05) is 0 Å². The summed E-state index contributed by atoms with van der Waals surface area (Å²) >= 11 is 0. The molecule has 0 spiro atoms. The number of aromatic nitrogens is 1. The first kappa shape index (κ1) is 15.9. The van der Waals surface area contributed by atoms with Crippen molar-refractivity contribution in [2.45, 2.75) is 12.5 Å². The molecule has 8 heteroatoms. The van der Waals surface area contributed by atoms with Gasteiger partial charge in [-0.15, -0.1) is 0 Å². The quantitative estimate of drug-likeness (QED) is 0.903. The van der Waals surface area contributed by atoms with Gasteiger partial charge in [-0.2, -0.15) is 0 Å². The Hall–Kier alpha value is -3.03. The first-order chi connectivity index (χ1) is 11.5. The van der Waals surface area contributed by atoms with Crippen LogP contribution in [0, 0.1) is 11.6 Å². The summed E-state index contributed by atoms with van der Waals surface area (Å²) in [6.07, 6.45) is 1.43. The van der Waals surface area contributed by atoms with Crippen LogP contribution >= 0.6 is 0 Å². The lowest BCUT2D eigenvalue weighted by atomic mass is 10.0. The normalized spacial score (nSPS) is 16.9. The highest BCUT2D eigenvalue weighted by Crippen LogP contribution is 2.28. The molecule has 0 aliphatic carbocycles. The van der Waals surface area contributed by atoms with Crippen LogP contribution in [0.1, 0.15) is 28.5 Å². The van der Waals surface area contributed by atoms with Gasteiger partial charge >= 0.3 is 0 Å². The number of amides is 1. The molecule has 2 aromatic rings. The molecule has 3 N–H and O–H groups in total. The number of hydrogen-bond donors (Lipinski definition) is 2. The van der Waals surface area contributed by atoms with E-state index < -0.39 is 23.6 Å². The molecule has 3 rings (SSSR count). The summed E-state index contributed by atoms with van der Waals surface area (Å²) in [6.45, 7) is 0.343. The zero-order valence-electron chi connectivity index (χ0n) is 12.5. The molecule has 6 nitrogen and oxygen atoms in total. The van der Waals surface area contributed by atoms with Crippen molar-refractivity contribution in [1.29, 1.82) is 0 Å².